The van der Waals surface area contributed by atoms with Gasteiger partial charge < -0.3 is 10.6 Å². The summed E-state index contributed by atoms with van der Waals surface area (Å²) in [4.78, 5) is 14.5. The van der Waals surface area contributed by atoms with Crippen molar-refractivity contribution in [2.75, 3.05) is 5.73 Å². The smallest absolute Gasteiger partial charge is 0.254 e. The summed E-state index contributed by atoms with van der Waals surface area (Å²) >= 11 is 2.23. The normalized spacial score (nSPS) is 10.7. The molecule has 0 heterocycles. The van der Waals surface area contributed by atoms with E-state index in [9.17, 15) is 4.79 Å². The predicted octanol–water partition coefficient (Wildman–Crippen LogP) is 3.92. The molecule has 0 unspecified atom stereocenters. The molecule has 0 atom stereocenters. The molecule has 0 aliphatic rings. The summed E-state index contributed by atoms with van der Waals surface area (Å²) in [5, 5.41) is 0. The highest BCUT2D eigenvalue weighted by Crippen LogP contribution is 2.16. The first-order valence-corrected chi connectivity index (χ1v) is 7.96. The molecule has 0 aromatic heterocycles. The molecule has 2 rings (SSSR count). The number of hydrogen-bond acceptors (Lipinski definition) is 2. The first-order chi connectivity index (χ1) is 9.97. The van der Waals surface area contributed by atoms with Gasteiger partial charge in [-0.25, -0.2) is 0 Å². The molecule has 2 aromatic rings. The van der Waals surface area contributed by atoms with Crippen LogP contribution in [0.25, 0.3) is 0 Å². The molecule has 0 aliphatic heterocycles. The van der Waals surface area contributed by atoms with Crippen molar-refractivity contribution in [3.63, 3.8) is 0 Å². The summed E-state index contributed by atoms with van der Waals surface area (Å²) in [5.74, 6) is 0.0452. The van der Waals surface area contributed by atoms with Crippen LogP contribution in [0.5, 0.6) is 0 Å². The molecule has 0 bridgehead atoms. The third kappa shape index (κ3) is 4.20. The van der Waals surface area contributed by atoms with Crippen molar-refractivity contribution in [2.24, 2.45) is 0 Å². The van der Waals surface area contributed by atoms with Crippen LogP contribution in [0.2, 0.25) is 0 Å². The Morgan fingerprint density at radius 3 is 2.43 bits per heavy atom. The van der Waals surface area contributed by atoms with Crippen LogP contribution in [-0.4, -0.2) is 16.8 Å². The summed E-state index contributed by atoms with van der Waals surface area (Å²) < 4.78 is 1.12. The van der Waals surface area contributed by atoms with E-state index in [2.05, 4.69) is 22.6 Å². The van der Waals surface area contributed by atoms with E-state index in [0.717, 1.165) is 14.8 Å². The second-order valence-corrected chi connectivity index (χ2v) is 6.52. The van der Waals surface area contributed by atoms with Crippen molar-refractivity contribution < 1.29 is 4.79 Å². The number of carbonyl (C=O) groups is 1. The van der Waals surface area contributed by atoms with Gasteiger partial charge in [0, 0.05) is 27.4 Å². The van der Waals surface area contributed by atoms with Gasteiger partial charge in [-0.15, -0.1) is 0 Å². The highest BCUT2D eigenvalue weighted by molar-refractivity contribution is 14.1. The van der Waals surface area contributed by atoms with Crippen LogP contribution in [0.4, 0.5) is 5.69 Å². The molecule has 0 saturated heterocycles. The molecule has 3 nitrogen and oxygen atoms in total. The van der Waals surface area contributed by atoms with E-state index < -0.39 is 0 Å². The van der Waals surface area contributed by atoms with Crippen LogP contribution < -0.4 is 5.73 Å². The minimum atomic E-state index is 0.0452. The number of nitrogens with two attached hydrogens (primary N) is 1. The number of rotatable bonds is 4. The van der Waals surface area contributed by atoms with Crippen LogP contribution in [0.1, 0.15) is 29.8 Å². The van der Waals surface area contributed by atoms with E-state index in [1.165, 1.54) is 0 Å². The van der Waals surface area contributed by atoms with E-state index in [0.29, 0.717) is 12.1 Å². The molecular weight excluding hydrogens is 375 g/mol. The van der Waals surface area contributed by atoms with E-state index in [1.807, 2.05) is 67.3 Å². The van der Waals surface area contributed by atoms with Crippen LogP contribution >= 0.6 is 22.6 Å². The third-order valence-corrected chi connectivity index (χ3v) is 4.00. The molecule has 0 spiro atoms. The van der Waals surface area contributed by atoms with E-state index in [1.54, 1.807) is 0 Å². The van der Waals surface area contributed by atoms with Gasteiger partial charge in [-0.2, -0.15) is 0 Å². The fraction of sp³-hybridized carbons (Fsp3) is 0.235. The number of carbonyl (C=O) groups excluding carboxylic acids is 1. The van der Waals surface area contributed by atoms with Crippen LogP contribution in [0.15, 0.2) is 48.5 Å². The molecule has 1 amide bonds. The number of halogens is 1. The van der Waals surface area contributed by atoms with Crippen molar-refractivity contribution in [3.05, 3.63) is 63.2 Å². The summed E-state index contributed by atoms with van der Waals surface area (Å²) in [5.41, 5.74) is 8.29. The summed E-state index contributed by atoms with van der Waals surface area (Å²) in [6.45, 7) is 4.61. The summed E-state index contributed by atoms with van der Waals surface area (Å²) in [6, 6.07) is 15.4. The lowest BCUT2D eigenvalue weighted by molar-refractivity contribution is 0.0690. The number of nitrogens with zero attached hydrogens (tertiary/aromatic N) is 1. The second-order valence-electron chi connectivity index (χ2n) is 5.28. The zero-order valence-corrected chi connectivity index (χ0v) is 14.4. The SMILES string of the molecule is CC(C)N(Cc1cccc(N)c1)C(=O)c1ccc(I)cc1. The molecule has 0 fully saturated rings. The highest BCUT2D eigenvalue weighted by atomic mass is 127. The zero-order chi connectivity index (χ0) is 15.4. The van der Waals surface area contributed by atoms with Gasteiger partial charge in [0.2, 0.25) is 0 Å². The molecular formula is C17H19IN2O. The highest BCUT2D eigenvalue weighted by Gasteiger charge is 2.19. The van der Waals surface area contributed by atoms with Gasteiger partial charge in [-0.05, 0) is 78.4 Å². The van der Waals surface area contributed by atoms with Crippen molar-refractivity contribution in [1.29, 1.82) is 0 Å². The number of hydrogen-bond donors (Lipinski definition) is 1. The molecule has 0 radical (unpaired) electrons. The molecule has 0 saturated carbocycles. The average Bonchev–Trinajstić information content (AvgIpc) is 2.44. The Labute approximate surface area is 139 Å². The van der Waals surface area contributed by atoms with Crippen LogP contribution in [0, 0.1) is 3.57 Å². The fourth-order valence-corrected chi connectivity index (χ4v) is 2.49. The predicted molar refractivity (Wildman–Crippen MR) is 95.0 cm³/mol. The lowest BCUT2D eigenvalue weighted by Crippen LogP contribution is -2.36. The van der Waals surface area contributed by atoms with Crippen molar-refractivity contribution in [1.82, 2.24) is 4.90 Å². The Morgan fingerprint density at radius 1 is 1.19 bits per heavy atom. The van der Waals surface area contributed by atoms with Gasteiger partial charge in [-0.3, -0.25) is 4.79 Å². The Bertz CT molecular complexity index is 623. The molecule has 0 aliphatic carbocycles. The van der Waals surface area contributed by atoms with Gasteiger partial charge in [-0.1, -0.05) is 12.1 Å². The Hall–Kier alpha value is -1.56. The second kappa shape index (κ2) is 6.93. The van der Waals surface area contributed by atoms with E-state index in [-0.39, 0.29) is 11.9 Å². The minimum absolute atomic E-state index is 0.0452. The summed E-state index contributed by atoms with van der Waals surface area (Å²) in [7, 11) is 0. The molecule has 21 heavy (non-hydrogen) atoms. The first kappa shape index (κ1) is 15.8. The number of anilines is 1. The Morgan fingerprint density at radius 2 is 1.86 bits per heavy atom. The zero-order valence-electron chi connectivity index (χ0n) is 12.2. The first-order valence-electron chi connectivity index (χ1n) is 6.88. The quantitative estimate of drug-likeness (QED) is 0.631. The van der Waals surface area contributed by atoms with Crippen LogP contribution in [-0.2, 0) is 6.54 Å². The largest absolute Gasteiger partial charge is 0.399 e. The Kier molecular flexibility index (Phi) is 5.22. The fourth-order valence-electron chi connectivity index (χ4n) is 2.14. The van der Waals surface area contributed by atoms with Crippen molar-refractivity contribution in [3.8, 4) is 0 Å². The number of benzene rings is 2. The lowest BCUT2D eigenvalue weighted by atomic mass is 10.1. The van der Waals surface area contributed by atoms with Gasteiger partial charge >= 0.3 is 0 Å². The standard InChI is InChI=1S/C17H19IN2O/c1-12(2)20(11-13-4-3-5-16(19)10-13)17(21)14-6-8-15(18)9-7-14/h3-10,12H,11,19H2,1-2H3. The Balaban J connectivity index is 2.22. The molecule has 2 N–H and O–H groups in total. The van der Waals surface area contributed by atoms with Gasteiger partial charge in [0.15, 0.2) is 0 Å². The van der Waals surface area contributed by atoms with Gasteiger partial charge in [0.05, 0.1) is 0 Å². The summed E-state index contributed by atoms with van der Waals surface area (Å²) in [6.07, 6.45) is 0. The van der Waals surface area contributed by atoms with Gasteiger partial charge in [0.1, 0.15) is 0 Å². The maximum absolute atomic E-state index is 12.7. The molecule has 110 valence electrons. The van der Waals surface area contributed by atoms with Crippen molar-refractivity contribution in [2.45, 2.75) is 26.4 Å². The molecule has 2 aromatic carbocycles. The monoisotopic (exact) mass is 394 g/mol. The maximum Gasteiger partial charge on any atom is 0.254 e. The van der Waals surface area contributed by atoms with E-state index >= 15 is 0 Å². The van der Waals surface area contributed by atoms with E-state index in [4.69, 9.17) is 5.73 Å². The van der Waals surface area contributed by atoms with Gasteiger partial charge in [0.25, 0.3) is 5.91 Å². The molecule has 4 heteroatoms. The number of amides is 1. The lowest BCUT2D eigenvalue weighted by Gasteiger charge is -2.27. The van der Waals surface area contributed by atoms with Crippen molar-refractivity contribution >= 4 is 34.2 Å². The minimum Gasteiger partial charge on any atom is -0.399 e. The number of nitrogen functional groups attached to an aromatic ring is 1. The topological polar surface area (TPSA) is 46.3 Å². The average molecular weight is 394 g/mol. The van der Waals surface area contributed by atoms with Crippen LogP contribution in [0.3, 0.4) is 0 Å². The third-order valence-electron chi connectivity index (χ3n) is 3.28. The maximum atomic E-state index is 12.7.